The van der Waals surface area contributed by atoms with Crippen LogP contribution in [0.2, 0.25) is 0 Å². The van der Waals surface area contributed by atoms with E-state index in [-0.39, 0.29) is 5.70 Å². The number of carbonyl (C=O) groups is 1. The van der Waals surface area contributed by atoms with Gasteiger partial charge < -0.3 is 9.67 Å². The van der Waals surface area contributed by atoms with Gasteiger partial charge in [-0.1, -0.05) is 48.5 Å². The number of carboxylic acid groups (broad SMARTS) is 1. The zero-order valence-corrected chi connectivity index (χ0v) is 10.7. The van der Waals surface area contributed by atoms with Crippen molar-refractivity contribution in [3.05, 3.63) is 72.4 Å². The molecule has 1 heterocycles. The van der Waals surface area contributed by atoms with E-state index < -0.39 is 5.97 Å². The van der Waals surface area contributed by atoms with Crippen LogP contribution in [-0.4, -0.2) is 15.6 Å². The Morgan fingerprint density at radius 1 is 0.950 bits per heavy atom. The minimum absolute atomic E-state index is 0.234. The van der Waals surface area contributed by atoms with Crippen molar-refractivity contribution in [3.8, 4) is 0 Å². The molecule has 1 aromatic heterocycles. The van der Waals surface area contributed by atoms with Crippen molar-refractivity contribution in [2.45, 2.75) is 0 Å². The molecule has 0 unspecified atom stereocenters. The molecular weight excluding hydrogens is 250 g/mol. The summed E-state index contributed by atoms with van der Waals surface area (Å²) in [4.78, 5) is 11.6. The van der Waals surface area contributed by atoms with E-state index in [0.29, 0.717) is 0 Å². The highest BCUT2D eigenvalue weighted by Crippen LogP contribution is 2.21. The van der Waals surface area contributed by atoms with Crippen molar-refractivity contribution < 1.29 is 9.90 Å². The van der Waals surface area contributed by atoms with Gasteiger partial charge in [-0.05, 0) is 29.2 Å². The summed E-state index contributed by atoms with van der Waals surface area (Å²) in [7, 11) is 0. The molecule has 1 N–H and O–H groups in total. The third kappa shape index (κ3) is 2.21. The van der Waals surface area contributed by atoms with Crippen LogP contribution >= 0.6 is 0 Å². The van der Waals surface area contributed by atoms with Gasteiger partial charge in [0, 0.05) is 6.20 Å². The SMILES string of the molecule is O=C(O)/C(=C\c1ccccc1)n1ccc2ccccc21. The maximum Gasteiger partial charge on any atom is 0.352 e. The topological polar surface area (TPSA) is 42.2 Å². The molecule has 20 heavy (non-hydrogen) atoms. The third-order valence-corrected chi connectivity index (χ3v) is 3.18. The Labute approximate surface area is 116 Å². The maximum absolute atomic E-state index is 11.6. The number of hydrogen-bond acceptors (Lipinski definition) is 1. The number of fused-ring (bicyclic) bond motifs is 1. The van der Waals surface area contributed by atoms with E-state index >= 15 is 0 Å². The standard InChI is InChI=1S/C17H13NO2/c19-17(20)16(12-13-6-2-1-3-7-13)18-11-10-14-8-4-5-9-15(14)18/h1-12H,(H,19,20)/b16-12+. The molecule has 0 aliphatic carbocycles. The van der Waals surface area contributed by atoms with Crippen LogP contribution in [0.3, 0.4) is 0 Å². The lowest BCUT2D eigenvalue weighted by atomic mass is 10.2. The largest absolute Gasteiger partial charge is 0.477 e. The molecule has 2 aromatic carbocycles. The van der Waals surface area contributed by atoms with Crippen molar-refractivity contribution in [2.24, 2.45) is 0 Å². The molecule has 0 amide bonds. The molecule has 0 fully saturated rings. The minimum Gasteiger partial charge on any atom is -0.477 e. The highest BCUT2D eigenvalue weighted by Gasteiger charge is 2.12. The molecule has 98 valence electrons. The number of rotatable bonds is 3. The molecule has 0 saturated heterocycles. The highest BCUT2D eigenvalue weighted by atomic mass is 16.4. The Bertz CT molecular complexity index is 785. The van der Waals surface area contributed by atoms with Crippen LogP contribution in [0.1, 0.15) is 5.56 Å². The average Bonchev–Trinajstić information content (AvgIpc) is 2.89. The summed E-state index contributed by atoms with van der Waals surface area (Å²) in [5.74, 6) is -0.949. The second kappa shape index (κ2) is 5.05. The van der Waals surface area contributed by atoms with Crippen molar-refractivity contribution in [3.63, 3.8) is 0 Å². The van der Waals surface area contributed by atoms with E-state index in [0.717, 1.165) is 16.5 Å². The minimum atomic E-state index is -0.949. The van der Waals surface area contributed by atoms with Crippen LogP contribution in [-0.2, 0) is 4.79 Å². The molecule has 0 spiro atoms. The lowest BCUT2D eigenvalue weighted by Gasteiger charge is -2.06. The predicted molar refractivity (Wildman–Crippen MR) is 80.2 cm³/mol. The maximum atomic E-state index is 11.6. The zero-order valence-electron chi connectivity index (χ0n) is 10.7. The fourth-order valence-electron chi connectivity index (χ4n) is 2.23. The first-order valence-electron chi connectivity index (χ1n) is 6.32. The summed E-state index contributed by atoms with van der Waals surface area (Å²) in [5.41, 5.74) is 1.98. The van der Waals surface area contributed by atoms with Gasteiger partial charge >= 0.3 is 5.97 Å². The normalized spacial score (nSPS) is 11.7. The first kappa shape index (κ1) is 12.2. The van der Waals surface area contributed by atoms with Crippen LogP contribution in [0.4, 0.5) is 0 Å². The van der Waals surface area contributed by atoms with Gasteiger partial charge in [-0.3, -0.25) is 0 Å². The van der Waals surface area contributed by atoms with Crippen LogP contribution in [0.15, 0.2) is 66.9 Å². The number of aliphatic carboxylic acids is 1. The predicted octanol–water partition coefficient (Wildman–Crippen LogP) is 3.72. The Morgan fingerprint density at radius 2 is 1.65 bits per heavy atom. The van der Waals surface area contributed by atoms with Crippen LogP contribution in [0.25, 0.3) is 22.7 Å². The van der Waals surface area contributed by atoms with E-state index in [1.165, 1.54) is 0 Å². The second-order valence-corrected chi connectivity index (χ2v) is 4.49. The first-order valence-corrected chi connectivity index (χ1v) is 6.32. The number of hydrogen-bond donors (Lipinski definition) is 1. The lowest BCUT2D eigenvalue weighted by molar-refractivity contribution is -0.130. The molecule has 0 atom stereocenters. The van der Waals surface area contributed by atoms with Crippen LogP contribution in [0.5, 0.6) is 0 Å². The molecule has 0 aliphatic rings. The molecule has 3 nitrogen and oxygen atoms in total. The van der Waals surface area contributed by atoms with Crippen LogP contribution < -0.4 is 0 Å². The van der Waals surface area contributed by atoms with E-state index in [1.807, 2.05) is 60.7 Å². The summed E-state index contributed by atoms with van der Waals surface area (Å²) in [6.45, 7) is 0. The Balaban J connectivity index is 2.17. The quantitative estimate of drug-likeness (QED) is 0.732. The Kier molecular flexibility index (Phi) is 3.09. The van der Waals surface area contributed by atoms with Gasteiger partial charge in [-0.25, -0.2) is 4.79 Å². The molecule has 3 heteroatoms. The van der Waals surface area contributed by atoms with E-state index in [9.17, 15) is 9.90 Å². The molecule has 0 bridgehead atoms. The smallest absolute Gasteiger partial charge is 0.352 e. The van der Waals surface area contributed by atoms with Gasteiger partial charge in [-0.2, -0.15) is 0 Å². The molecular formula is C17H13NO2. The molecule has 3 aromatic rings. The van der Waals surface area contributed by atoms with Gasteiger partial charge in [0.25, 0.3) is 0 Å². The number of aromatic nitrogens is 1. The summed E-state index contributed by atoms with van der Waals surface area (Å²) in [6, 6.07) is 19.1. The molecule has 0 saturated carbocycles. The summed E-state index contributed by atoms with van der Waals surface area (Å²) >= 11 is 0. The zero-order chi connectivity index (χ0) is 13.9. The highest BCUT2D eigenvalue weighted by molar-refractivity contribution is 6.16. The van der Waals surface area contributed by atoms with E-state index in [2.05, 4.69) is 0 Å². The number of carboxylic acids is 1. The fourth-order valence-corrected chi connectivity index (χ4v) is 2.23. The number of nitrogens with zero attached hydrogens (tertiary/aromatic N) is 1. The second-order valence-electron chi connectivity index (χ2n) is 4.49. The molecule has 0 radical (unpaired) electrons. The summed E-state index contributed by atoms with van der Waals surface area (Å²) < 4.78 is 1.70. The van der Waals surface area contributed by atoms with Crippen molar-refractivity contribution in [1.82, 2.24) is 4.57 Å². The van der Waals surface area contributed by atoms with Gasteiger partial charge in [0.15, 0.2) is 0 Å². The number of para-hydroxylation sites is 1. The average molecular weight is 263 g/mol. The van der Waals surface area contributed by atoms with Gasteiger partial charge in [0.05, 0.1) is 5.52 Å². The van der Waals surface area contributed by atoms with Gasteiger partial charge in [0.1, 0.15) is 5.70 Å². The summed E-state index contributed by atoms with van der Waals surface area (Å²) in [5, 5.41) is 10.5. The summed E-state index contributed by atoms with van der Waals surface area (Å²) in [6.07, 6.45) is 3.46. The van der Waals surface area contributed by atoms with Crippen molar-refractivity contribution in [2.75, 3.05) is 0 Å². The Morgan fingerprint density at radius 3 is 2.40 bits per heavy atom. The molecule has 3 rings (SSSR count). The van der Waals surface area contributed by atoms with Crippen molar-refractivity contribution >= 4 is 28.6 Å². The van der Waals surface area contributed by atoms with Crippen molar-refractivity contribution in [1.29, 1.82) is 0 Å². The van der Waals surface area contributed by atoms with Gasteiger partial charge in [-0.15, -0.1) is 0 Å². The fraction of sp³-hybridized carbons (Fsp3) is 0. The van der Waals surface area contributed by atoms with E-state index in [4.69, 9.17) is 0 Å². The molecule has 0 aliphatic heterocycles. The van der Waals surface area contributed by atoms with Crippen LogP contribution in [0, 0.1) is 0 Å². The first-order chi connectivity index (χ1) is 9.75. The Hall–Kier alpha value is -2.81. The third-order valence-electron chi connectivity index (χ3n) is 3.18. The van der Waals surface area contributed by atoms with E-state index in [1.54, 1.807) is 16.8 Å². The monoisotopic (exact) mass is 263 g/mol. The van der Waals surface area contributed by atoms with Gasteiger partial charge in [0.2, 0.25) is 0 Å². The number of benzene rings is 2. The lowest BCUT2D eigenvalue weighted by Crippen LogP contribution is -2.06.